The van der Waals surface area contributed by atoms with Gasteiger partial charge in [-0.2, -0.15) is 0 Å². The summed E-state index contributed by atoms with van der Waals surface area (Å²) in [6.45, 7) is 0. The summed E-state index contributed by atoms with van der Waals surface area (Å²) in [5.74, 6) is 0. The molecule has 1 aromatic rings. The number of carbonyl (C=O) groups excluding carboxylic acids is 1. The van der Waals surface area contributed by atoms with Crippen molar-refractivity contribution in [3.63, 3.8) is 0 Å². The Hall–Kier alpha value is -1.55. The SMILES string of the molecule is NC(=O)Nc1cccc(C2(N)CCC2)c1. The van der Waals surface area contributed by atoms with Gasteiger partial charge in [-0.1, -0.05) is 12.1 Å². The molecule has 80 valence electrons. The molecule has 15 heavy (non-hydrogen) atoms. The Morgan fingerprint density at radius 3 is 2.67 bits per heavy atom. The number of rotatable bonds is 2. The average Bonchev–Trinajstić information content (AvgIpc) is 2.13. The van der Waals surface area contributed by atoms with Gasteiger partial charge in [0.1, 0.15) is 0 Å². The van der Waals surface area contributed by atoms with E-state index in [0.717, 1.165) is 18.4 Å². The highest BCUT2D eigenvalue weighted by molar-refractivity contribution is 5.87. The van der Waals surface area contributed by atoms with Crippen molar-refractivity contribution in [3.05, 3.63) is 29.8 Å². The summed E-state index contributed by atoms with van der Waals surface area (Å²) in [5, 5.41) is 2.55. The molecule has 1 fully saturated rings. The minimum atomic E-state index is -0.549. The van der Waals surface area contributed by atoms with Crippen LogP contribution in [-0.2, 0) is 5.54 Å². The largest absolute Gasteiger partial charge is 0.351 e. The van der Waals surface area contributed by atoms with Gasteiger partial charge in [0, 0.05) is 11.2 Å². The number of carbonyl (C=O) groups is 1. The summed E-state index contributed by atoms with van der Waals surface area (Å²) in [7, 11) is 0. The van der Waals surface area contributed by atoms with Crippen LogP contribution < -0.4 is 16.8 Å². The molecule has 0 aromatic heterocycles. The number of hydrogen-bond donors (Lipinski definition) is 3. The molecule has 4 heteroatoms. The first kappa shape index (κ1) is 9.98. The van der Waals surface area contributed by atoms with Gasteiger partial charge in [-0.25, -0.2) is 4.79 Å². The number of nitrogens with two attached hydrogens (primary N) is 2. The average molecular weight is 205 g/mol. The van der Waals surface area contributed by atoms with Crippen molar-refractivity contribution in [3.8, 4) is 0 Å². The van der Waals surface area contributed by atoms with E-state index in [1.165, 1.54) is 6.42 Å². The molecule has 0 atom stereocenters. The molecule has 4 nitrogen and oxygen atoms in total. The molecule has 0 aliphatic heterocycles. The van der Waals surface area contributed by atoms with Crippen LogP contribution in [-0.4, -0.2) is 6.03 Å². The Morgan fingerprint density at radius 1 is 1.40 bits per heavy atom. The molecular weight excluding hydrogens is 190 g/mol. The van der Waals surface area contributed by atoms with Crippen LogP contribution in [0.15, 0.2) is 24.3 Å². The highest BCUT2D eigenvalue weighted by Crippen LogP contribution is 2.39. The van der Waals surface area contributed by atoms with E-state index in [0.29, 0.717) is 5.69 Å². The first-order valence-electron chi connectivity index (χ1n) is 5.06. The lowest BCUT2D eigenvalue weighted by Crippen LogP contribution is -2.43. The number of nitrogens with one attached hydrogen (secondary N) is 1. The van der Waals surface area contributed by atoms with Gasteiger partial charge in [0.25, 0.3) is 0 Å². The Balaban J connectivity index is 2.22. The Bertz CT molecular complexity index is 385. The van der Waals surface area contributed by atoms with Gasteiger partial charge in [-0.05, 0) is 37.0 Å². The van der Waals surface area contributed by atoms with Crippen LogP contribution in [0, 0.1) is 0 Å². The molecule has 1 saturated carbocycles. The molecule has 0 unspecified atom stereocenters. The van der Waals surface area contributed by atoms with E-state index in [1.54, 1.807) is 6.07 Å². The van der Waals surface area contributed by atoms with Crippen LogP contribution in [0.25, 0.3) is 0 Å². The fraction of sp³-hybridized carbons (Fsp3) is 0.364. The van der Waals surface area contributed by atoms with Gasteiger partial charge in [0.05, 0.1) is 0 Å². The second kappa shape index (κ2) is 3.55. The molecule has 0 saturated heterocycles. The topological polar surface area (TPSA) is 81.1 Å². The van der Waals surface area contributed by atoms with Gasteiger partial charge in [0.15, 0.2) is 0 Å². The number of urea groups is 1. The summed E-state index contributed by atoms with van der Waals surface area (Å²) >= 11 is 0. The molecule has 0 bridgehead atoms. The van der Waals surface area contributed by atoms with Crippen LogP contribution in [0.5, 0.6) is 0 Å². The van der Waals surface area contributed by atoms with Crippen LogP contribution in [0.4, 0.5) is 10.5 Å². The molecule has 1 aromatic carbocycles. The summed E-state index contributed by atoms with van der Waals surface area (Å²) in [5.41, 5.74) is 12.8. The summed E-state index contributed by atoms with van der Waals surface area (Å²) < 4.78 is 0. The van der Waals surface area contributed by atoms with Gasteiger partial charge in [-0.15, -0.1) is 0 Å². The molecule has 5 N–H and O–H groups in total. The first-order valence-corrected chi connectivity index (χ1v) is 5.06. The second-order valence-corrected chi connectivity index (χ2v) is 4.08. The molecule has 0 heterocycles. The third-order valence-corrected chi connectivity index (χ3v) is 2.95. The first-order chi connectivity index (χ1) is 7.10. The monoisotopic (exact) mass is 205 g/mol. The van der Waals surface area contributed by atoms with Crippen LogP contribution in [0.2, 0.25) is 0 Å². The van der Waals surface area contributed by atoms with E-state index in [4.69, 9.17) is 11.5 Å². The fourth-order valence-electron chi connectivity index (χ4n) is 1.90. The van der Waals surface area contributed by atoms with E-state index in [-0.39, 0.29) is 5.54 Å². The van der Waals surface area contributed by atoms with E-state index in [9.17, 15) is 4.79 Å². The maximum absolute atomic E-state index is 10.7. The molecule has 0 radical (unpaired) electrons. The van der Waals surface area contributed by atoms with Crippen LogP contribution >= 0.6 is 0 Å². The summed E-state index contributed by atoms with van der Waals surface area (Å²) in [4.78, 5) is 10.7. The number of hydrogen-bond acceptors (Lipinski definition) is 2. The van der Waals surface area contributed by atoms with Gasteiger partial charge >= 0.3 is 6.03 Å². The second-order valence-electron chi connectivity index (χ2n) is 4.08. The highest BCUT2D eigenvalue weighted by atomic mass is 16.2. The summed E-state index contributed by atoms with van der Waals surface area (Å²) in [6.07, 6.45) is 3.18. The minimum Gasteiger partial charge on any atom is -0.351 e. The van der Waals surface area contributed by atoms with Crippen molar-refractivity contribution in [1.82, 2.24) is 0 Å². The molecule has 2 amide bonds. The lowest BCUT2D eigenvalue weighted by molar-refractivity contribution is 0.253. The van der Waals surface area contributed by atoms with Crippen molar-refractivity contribution in [2.45, 2.75) is 24.8 Å². The number of amides is 2. The lowest BCUT2D eigenvalue weighted by atomic mass is 9.73. The zero-order valence-corrected chi connectivity index (χ0v) is 8.49. The third-order valence-electron chi connectivity index (χ3n) is 2.95. The van der Waals surface area contributed by atoms with Crippen molar-refractivity contribution in [2.24, 2.45) is 11.5 Å². The molecule has 1 aliphatic carbocycles. The Morgan fingerprint density at radius 2 is 2.13 bits per heavy atom. The van der Waals surface area contributed by atoms with Crippen molar-refractivity contribution >= 4 is 11.7 Å². The molecule has 1 aliphatic rings. The molecule has 0 spiro atoms. The van der Waals surface area contributed by atoms with E-state index >= 15 is 0 Å². The maximum atomic E-state index is 10.7. The van der Waals surface area contributed by atoms with E-state index in [2.05, 4.69) is 5.32 Å². The van der Waals surface area contributed by atoms with E-state index < -0.39 is 6.03 Å². The standard InChI is InChI=1S/C11H15N3O/c12-10(15)14-9-4-1-3-8(7-9)11(13)5-2-6-11/h1,3-4,7H,2,5-6,13H2,(H3,12,14,15). The fourth-order valence-corrected chi connectivity index (χ4v) is 1.90. The van der Waals surface area contributed by atoms with Crippen molar-refractivity contribution in [1.29, 1.82) is 0 Å². The number of benzene rings is 1. The Kier molecular flexibility index (Phi) is 2.36. The number of primary amides is 1. The third kappa shape index (κ3) is 1.94. The Labute approximate surface area is 88.6 Å². The maximum Gasteiger partial charge on any atom is 0.316 e. The van der Waals surface area contributed by atoms with E-state index in [1.807, 2.05) is 18.2 Å². The zero-order chi connectivity index (χ0) is 10.9. The van der Waals surface area contributed by atoms with Crippen LogP contribution in [0.1, 0.15) is 24.8 Å². The predicted molar refractivity (Wildman–Crippen MR) is 59.4 cm³/mol. The molecule has 2 rings (SSSR count). The zero-order valence-electron chi connectivity index (χ0n) is 8.49. The van der Waals surface area contributed by atoms with Gasteiger partial charge in [-0.3, -0.25) is 0 Å². The smallest absolute Gasteiger partial charge is 0.316 e. The number of anilines is 1. The van der Waals surface area contributed by atoms with Gasteiger partial charge < -0.3 is 16.8 Å². The quantitative estimate of drug-likeness (QED) is 0.684. The van der Waals surface area contributed by atoms with Crippen LogP contribution in [0.3, 0.4) is 0 Å². The minimum absolute atomic E-state index is 0.199. The molecular formula is C11H15N3O. The van der Waals surface area contributed by atoms with Crippen molar-refractivity contribution < 1.29 is 4.79 Å². The van der Waals surface area contributed by atoms with Crippen molar-refractivity contribution in [2.75, 3.05) is 5.32 Å². The van der Waals surface area contributed by atoms with Gasteiger partial charge in [0.2, 0.25) is 0 Å². The highest BCUT2D eigenvalue weighted by Gasteiger charge is 2.34. The normalized spacial score (nSPS) is 17.9. The predicted octanol–water partition coefficient (Wildman–Crippen LogP) is 1.52. The summed E-state index contributed by atoms with van der Waals surface area (Å²) in [6, 6.07) is 7.02. The lowest BCUT2D eigenvalue weighted by Gasteiger charge is -2.38.